The molecule has 0 unspecified atom stereocenters. The predicted octanol–water partition coefficient (Wildman–Crippen LogP) is 2.69. The average molecular weight is 404 g/mol. The number of fused-ring (bicyclic) bond motifs is 1. The minimum atomic E-state index is -0.194. The van der Waals surface area contributed by atoms with Crippen molar-refractivity contribution in [1.29, 1.82) is 0 Å². The summed E-state index contributed by atoms with van der Waals surface area (Å²) in [5.74, 6) is 0.532. The van der Waals surface area contributed by atoms with Crippen LogP contribution in [0.15, 0.2) is 53.3 Å². The van der Waals surface area contributed by atoms with Crippen LogP contribution in [0.5, 0.6) is 0 Å². The minimum absolute atomic E-state index is 0.120. The molecule has 3 aromatic rings. The highest BCUT2D eigenvalue weighted by Crippen LogP contribution is 2.21. The second kappa shape index (κ2) is 8.90. The molecule has 1 fully saturated rings. The number of rotatable bonds is 6. The van der Waals surface area contributed by atoms with Crippen LogP contribution in [-0.2, 0) is 22.6 Å². The molecule has 2 heterocycles. The van der Waals surface area contributed by atoms with E-state index in [0.717, 1.165) is 30.6 Å². The van der Waals surface area contributed by atoms with Crippen LogP contribution in [-0.4, -0.2) is 28.3 Å². The van der Waals surface area contributed by atoms with Gasteiger partial charge in [-0.15, -0.1) is 0 Å². The highest BCUT2D eigenvalue weighted by Gasteiger charge is 2.19. The van der Waals surface area contributed by atoms with Crippen LogP contribution in [0.1, 0.15) is 37.1 Å². The number of aromatic amines is 1. The van der Waals surface area contributed by atoms with Crippen molar-refractivity contribution in [1.82, 2.24) is 15.3 Å². The first-order valence-electron chi connectivity index (χ1n) is 10.2. The summed E-state index contributed by atoms with van der Waals surface area (Å²) in [7, 11) is 0. The van der Waals surface area contributed by atoms with Gasteiger partial charge in [-0.05, 0) is 42.7 Å². The maximum atomic E-state index is 12.3. The van der Waals surface area contributed by atoms with Crippen molar-refractivity contribution in [3.63, 3.8) is 0 Å². The van der Waals surface area contributed by atoms with Crippen LogP contribution < -0.4 is 15.8 Å². The number of para-hydroxylation sites is 1. The lowest BCUT2D eigenvalue weighted by molar-refractivity contribution is -0.121. The van der Waals surface area contributed by atoms with Crippen molar-refractivity contribution in [3.05, 3.63) is 70.3 Å². The van der Waals surface area contributed by atoms with Gasteiger partial charge < -0.3 is 15.2 Å². The number of benzene rings is 2. The van der Waals surface area contributed by atoms with E-state index in [1.165, 1.54) is 0 Å². The van der Waals surface area contributed by atoms with Gasteiger partial charge in [0.15, 0.2) is 0 Å². The fraction of sp³-hybridized carbons (Fsp3) is 0.304. The Balaban J connectivity index is 1.33. The van der Waals surface area contributed by atoms with Gasteiger partial charge in [0.25, 0.3) is 5.56 Å². The van der Waals surface area contributed by atoms with E-state index >= 15 is 0 Å². The number of amides is 2. The number of H-pyrrole nitrogens is 1. The van der Waals surface area contributed by atoms with E-state index < -0.39 is 0 Å². The second-order valence-electron chi connectivity index (χ2n) is 7.48. The highest BCUT2D eigenvalue weighted by atomic mass is 16.2. The van der Waals surface area contributed by atoms with Gasteiger partial charge in [-0.1, -0.05) is 24.3 Å². The molecule has 0 atom stereocenters. The van der Waals surface area contributed by atoms with Gasteiger partial charge >= 0.3 is 0 Å². The summed E-state index contributed by atoms with van der Waals surface area (Å²) < 4.78 is 0. The van der Waals surface area contributed by atoms with Crippen LogP contribution in [0, 0.1) is 0 Å². The molecular weight excluding hydrogens is 380 g/mol. The Kier molecular flexibility index (Phi) is 5.88. The zero-order valence-corrected chi connectivity index (χ0v) is 16.7. The summed E-state index contributed by atoms with van der Waals surface area (Å²) in [6.45, 7) is 1.13. The Morgan fingerprint density at radius 1 is 1.10 bits per heavy atom. The third-order valence-electron chi connectivity index (χ3n) is 5.29. The molecule has 7 heteroatoms. The molecule has 2 N–H and O–H groups in total. The number of hydrogen-bond donors (Lipinski definition) is 2. The number of hydrogen-bond acceptors (Lipinski definition) is 4. The van der Waals surface area contributed by atoms with Gasteiger partial charge in [-0.3, -0.25) is 14.4 Å². The SMILES string of the molecule is O=C(CCc1nc2ccccc2c(=O)[nH]1)NCc1cccc(N2CCCCC2=O)c1. The molecule has 2 aromatic carbocycles. The third kappa shape index (κ3) is 4.56. The van der Waals surface area contributed by atoms with Gasteiger partial charge in [0.05, 0.1) is 10.9 Å². The molecule has 154 valence electrons. The Hall–Kier alpha value is -3.48. The lowest BCUT2D eigenvalue weighted by atomic mass is 10.1. The van der Waals surface area contributed by atoms with Crippen LogP contribution in [0.2, 0.25) is 0 Å². The van der Waals surface area contributed by atoms with E-state index in [1.807, 2.05) is 35.2 Å². The summed E-state index contributed by atoms with van der Waals surface area (Å²) in [6, 6.07) is 14.8. The van der Waals surface area contributed by atoms with E-state index in [2.05, 4.69) is 15.3 Å². The number of carbonyl (C=O) groups is 2. The van der Waals surface area contributed by atoms with Crippen molar-refractivity contribution in [2.45, 2.75) is 38.6 Å². The van der Waals surface area contributed by atoms with E-state index in [9.17, 15) is 14.4 Å². The van der Waals surface area contributed by atoms with Gasteiger partial charge in [-0.2, -0.15) is 0 Å². The van der Waals surface area contributed by atoms with E-state index in [0.29, 0.717) is 36.1 Å². The molecule has 0 saturated carbocycles. The molecule has 0 aliphatic carbocycles. The summed E-state index contributed by atoms with van der Waals surface area (Å²) in [4.78, 5) is 45.5. The smallest absolute Gasteiger partial charge is 0.258 e. The maximum absolute atomic E-state index is 12.3. The number of carbonyl (C=O) groups excluding carboxylic acids is 2. The number of aryl methyl sites for hydroxylation is 1. The Labute approximate surface area is 174 Å². The lowest BCUT2D eigenvalue weighted by Gasteiger charge is -2.27. The number of aromatic nitrogens is 2. The average Bonchev–Trinajstić information content (AvgIpc) is 2.77. The van der Waals surface area contributed by atoms with Crippen molar-refractivity contribution >= 4 is 28.4 Å². The summed E-state index contributed by atoms with van der Waals surface area (Å²) in [6.07, 6.45) is 3.13. The number of nitrogens with one attached hydrogen (secondary N) is 2. The summed E-state index contributed by atoms with van der Waals surface area (Å²) >= 11 is 0. The lowest BCUT2D eigenvalue weighted by Crippen LogP contribution is -2.35. The molecule has 1 aromatic heterocycles. The van der Waals surface area contributed by atoms with Crippen molar-refractivity contribution in [2.75, 3.05) is 11.4 Å². The molecule has 1 saturated heterocycles. The fourth-order valence-electron chi connectivity index (χ4n) is 3.69. The molecule has 4 rings (SSSR count). The van der Waals surface area contributed by atoms with E-state index in [-0.39, 0.29) is 23.8 Å². The van der Waals surface area contributed by atoms with Crippen molar-refractivity contribution in [3.8, 4) is 0 Å². The Morgan fingerprint density at radius 2 is 1.97 bits per heavy atom. The molecular formula is C23H24N4O3. The first kappa shape index (κ1) is 19.8. The maximum Gasteiger partial charge on any atom is 0.258 e. The third-order valence-corrected chi connectivity index (χ3v) is 5.29. The van der Waals surface area contributed by atoms with Gasteiger partial charge in [0.1, 0.15) is 5.82 Å². The number of piperidine rings is 1. The topological polar surface area (TPSA) is 95.2 Å². The van der Waals surface area contributed by atoms with Crippen LogP contribution >= 0.6 is 0 Å². The summed E-state index contributed by atoms with van der Waals surface area (Å²) in [5.41, 5.74) is 2.25. The molecule has 1 aliphatic rings. The number of nitrogens with zero attached hydrogens (tertiary/aromatic N) is 2. The van der Waals surface area contributed by atoms with Crippen LogP contribution in [0.25, 0.3) is 10.9 Å². The van der Waals surface area contributed by atoms with Crippen molar-refractivity contribution in [2.24, 2.45) is 0 Å². The molecule has 0 radical (unpaired) electrons. The molecule has 0 spiro atoms. The zero-order valence-electron chi connectivity index (χ0n) is 16.7. The van der Waals surface area contributed by atoms with Gasteiger partial charge in [0, 0.05) is 38.0 Å². The Bertz CT molecular complexity index is 1140. The minimum Gasteiger partial charge on any atom is -0.352 e. The molecule has 0 bridgehead atoms. The first-order chi connectivity index (χ1) is 14.6. The van der Waals surface area contributed by atoms with E-state index in [4.69, 9.17) is 0 Å². The Morgan fingerprint density at radius 3 is 2.83 bits per heavy atom. The van der Waals surface area contributed by atoms with Gasteiger partial charge in [0.2, 0.25) is 11.8 Å². The quantitative estimate of drug-likeness (QED) is 0.660. The first-order valence-corrected chi connectivity index (χ1v) is 10.2. The fourth-order valence-corrected chi connectivity index (χ4v) is 3.69. The summed E-state index contributed by atoms with van der Waals surface area (Å²) in [5, 5.41) is 3.44. The highest BCUT2D eigenvalue weighted by molar-refractivity contribution is 5.94. The number of anilines is 1. The van der Waals surface area contributed by atoms with Gasteiger partial charge in [-0.25, -0.2) is 4.98 Å². The monoisotopic (exact) mass is 404 g/mol. The second-order valence-corrected chi connectivity index (χ2v) is 7.48. The zero-order chi connectivity index (χ0) is 20.9. The van der Waals surface area contributed by atoms with Crippen LogP contribution in [0.3, 0.4) is 0 Å². The van der Waals surface area contributed by atoms with Crippen LogP contribution in [0.4, 0.5) is 5.69 Å². The normalized spacial score (nSPS) is 14.1. The molecule has 1 aliphatic heterocycles. The molecule has 2 amide bonds. The standard InChI is InChI=1S/C23H24N4O3/c28-21(12-11-20-25-19-9-2-1-8-18(19)23(30)26-20)24-15-16-6-5-7-17(14-16)27-13-4-3-10-22(27)29/h1-2,5-9,14H,3-4,10-13,15H2,(H,24,28)(H,25,26,30). The largest absolute Gasteiger partial charge is 0.352 e. The van der Waals surface area contributed by atoms with Crippen molar-refractivity contribution < 1.29 is 9.59 Å². The predicted molar refractivity (Wildman–Crippen MR) is 115 cm³/mol. The van der Waals surface area contributed by atoms with E-state index in [1.54, 1.807) is 18.2 Å². The molecule has 7 nitrogen and oxygen atoms in total. The molecule has 30 heavy (non-hydrogen) atoms.